The number of nitrogens with zero attached hydrogens (tertiary/aromatic N) is 2. The number of rotatable bonds is 5. The van der Waals surface area contributed by atoms with E-state index in [4.69, 9.17) is 34.8 Å². The van der Waals surface area contributed by atoms with Gasteiger partial charge in [-0.15, -0.1) is 0 Å². The second-order valence-electron chi connectivity index (χ2n) is 10.8. The third-order valence-electron chi connectivity index (χ3n) is 8.16. The zero-order valence-electron chi connectivity index (χ0n) is 21.0. The van der Waals surface area contributed by atoms with Crippen LogP contribution < -0.4 is 21.0 Å². The lowest BCUT2D eigenvalue weighted by Gasteiger charge is -2.39. The number of halogens is 4. The number of anilines is 1. The maximum Gasteiger partial charge on any atom is 0.257 e. The number of fused-ring (bicyclic) bond motifs is 1. The summed E-state index contributed by atoms with van der Waals surface area (Å²) < 4.78 is 17.5. The average Bonchev–Trinajstić information content (AvgIpc) is 3.68. The number of nitrogens with one attached hydrogen (secondary N) is 2. The van der Waals surface area contributed by atoms with Crippen LogP contribution in [0.4, 0.5) is 10.1 Å². The van der Waals surface area contributed by atoms with Gasteiger partial charge in [-0.3, -0.25) is 14.4 Å². The minimum Gasteiger partial charge on any atom is -0.368 e. The quantitative estimate of drug-likeness (QED) is 0.412. The van der Waals surface area contributed by atoms with E-state index >= 15 is 4.39 Å². The summed E-state index contributed by atoms with van der Waals surface area (Å²) in [7, 11) is 0. The Bertz CT molecular complexity index is 1580. The van der Waals surface area contributed by atoms with Crippen molar-refractivity contribution < 1.29 is 14.0 Å². The van der Waals surface area contributed by atoms with Crippen molar-refractivity contribution in [2.75, 3.05) is 24.5 Å². The van der Waals surface area contributed by atoms with Gasteiger partial charge in [0.05, 0.1) is 21.6 Å². The summed E-state index contributed by atoms with van der Waals surface area (Å²) in [6.07, 6.45) is 5.25. The Hall–Kier alpha value is -2.81. The molecule has 2 aliphatic heterocycles. The van der Waals surface area contributed by atoms with Gasteiger partial charge in [-0.2, -0.15) is 0 Å². The van der Waals surface area contributed by atoms with Crippen LogP contribution in [0, 0.1) is 11.2 Å². The number of carbonyl (C=O) groups is 2. The van der Waals surface area contributed by atoms with Crippen molar-refractivity contribution in [3.05, 3.63) is 72.7 Å². The van der Waals surface area contributed by atoms with E-state index in [9.17, 15) is 14.4 Å². The number of hydrogen-bond acceptors (Lipinski definition) is 4. The van der Waals surface area contributed by atoms with Crippen LogP contribution >= 0.6 is 34.8 Å². The summed E-state index contributed by atoms with van der Waals surface area (Å²) in [4.78, 5) is 40.3. The summed E-state index contributed by atoms with van der Waals surface area (Å²) in [5.41, 5.74) is 0.596. The lowest BCUT2D eigenvalue weighted by Crippen LogP contribution is -2.41. The number of piperidine rings is 1. The van der Waals surface area contributed by atoms with Crippen molar-refractivity contribution in [2.45, 2.75) is 44.7 Å². The van der Waals surface area contributed by atoms with E-state index in [1.54, 1.807) is 18.2 Å². The third kappa shape index (κ3) is 4.87. The molecule has 3 aromatic rings. The molecule has 2 amide bonds. The molecule has 6 rings (SSSR count). The molecule has 7 nitrogen and oxygen atoms in total. The summed E-state index contributed by atoms with van der Waals surface area (Å²) in [5, 5.41) is 6.78. The van der Waals surface area contributed by atoms with Crippen LogP contribution in [0.25, 0.3) is 10.9 Å². The lowest BCUT2D eigenvalue weighted by molar-refractivity contribution is -0.119. The molecule has 2 aromatic carbocycles. The Balaban J connectivity index is 1.33. The van der Waals surface area contributed by atoms with E-state index < -0.39 is 17.2 Å². The number of pyridine rings is 1. The standard InChI is InChI=1S/C28H26Cl3FN4O3/c29-16-2-1-15(20(30)9-16)12-33-27(39)19-13-36(17-3-4-17)24-18(26(19)38)10-21(32)25(23(24)31)35-7-5-28(6-8-35)11-22(37)34-14-28/h1-2,9-10,13,17H,3-8,11-12,14H2,(H,33,39)(H,34,37). The molecule has 0 unspecified atom stereocenters. The highest BCUT2D eigenvalue weighted by Crippen LogP contribution is 2.44. The highest BCUT2D eigenvalue weighted by Gasteiger charge is 2.42. The van der Waals surface area contributed by atoms with Crippen LogP contribution in [0.2, 0.25) is 15.1 Å². The number of carbonyl (C=O) groups excluding carboxylic acids is 2. The largest absolute Gasteiger partial charge is 0.368 e. The smallest absolute Gasteiger partial charge is 0.257 e. The molecule has 2 N–H and O–H groups in total. The number of aromatic nitrogens is 1. The van der Waals surface area contributed by atoms with Gasteiger partial charge >= 0.3 is 0 Å². The topological polar surface area (TPSA) is 83.4 Å². The van der Waals surface area contributed by atoms with E-state index in [0.717, 1.165) is 25.7 Å². The van der Waals surface area contributed by atoms with Crippen LogP contribution in [-0.4, -0.2) is 36.0 Å². The van der Waals surface area contributed by atoms with Crippen LogP contribution in [0.5, 0.6) is 0 Å². The molecule has 1 saturated carbocycles. The maximum atomic E-state index is 15.6. The van der Waals surface area contributed by atoms with Gasteiger partial charge < -0.3 is 20.1 Å². The molecule has 3 heterocycles. The average molecular weight is 592 g/mol. The van der Waals surface area contributed by atoms with Gasteiger partial charge in [0.15, 0.2) is 0 Å². The first-order valence-electron chi connectivity index (χ1n) is 13.0. The van der Waals surface area contributed by atoms with Crippen molar-refractivity contribution in [3.8, 4) is 0 Å². The molecule has 0 atom stereocenters. The summed E-state index contributed by atoms with van der Waals surface area (Å²) in [5.74, 6) is -1.12. The second kappa shape index (κ2) is 9.98. The molecule has 39 heavy (non-hydrogen) atoms. The molecule has 11 heteroatoms. The van der Waals surface area contributed by atoms with E-state index in [-0.39, 0.29) is 45.6 Å². The Labute approximate surface area is 239 Å². The summed E-state index contributed by atoms with van der Waals surface area (Å²) in [6, 6.07) is 6.22. The fourth-order valence-electron chi connectivity index (χ4n) is 5.77. The zero-order chi connectivity index (χ0) is 27.5. The lowest BCUT2D eigenvalue weighted by atomic mass is 9.77. The first-order valence-corrected chi connectivity index (χ1v) is 14.1. The van der Waals surface area contributed by atoms with Crippen molar-refractivity contribution in [3.63, 3.8) is 0 Å². The van der Waals surface area contributed by atoms with E-state index in [1.165, 1.54) is 12.3 Å². The first-order chi connectivity index (χ1) is 18.7. The SMILES string of the molecule is O=C1CC2(CCN(c3c(F)cc4c(=O)c(C(=O)NCc5ccc(Cl)cc5Cl)cn(C5CC5)c4c3Cl)CC2)CN1. The molecule has 1 aliphatic carbocycles. The number of amides is 2. The Morgan fingerprint density at radius 3 is 2.51 bits per heavy atom. The molecule has 3 fully saturated rings. The highest BCUT2D eigenvalue weighted by atomic mass is 35.5. The molecule has 2 saturated heterocycles. The molecule has 1 aromatic heterocycles. The van der Waals surface area contributed by atoms with E-state index in [2.05, 4.69) is 10.6 Å². The maximum absolute atomic E-state index is 15.6. The Morgan fingerprint density at radius 2 is 1.87 bits per heavy atom. The van der Waals surface area contributed by atoms with Gasteiger partial charge in [-0.25, -0.2) is 4.39 Å². The van der Waals surface area contributed by atoms with Gasteiger partial charge in [0.1, 0.15) is 11.4 Å². The highest BCUT2D eigenvalue weighted by molar-refractivity contribution is 6.38. The number of benzene rings is 2. The molecular formula is C28H26Cl3FN4O3. The minimum absolute atomic E-state index is 0.0583. The zero-order valence-corrected chi connectivity index (χ0v) is 23.2. The van der Waals surface area contributed by atoms with E-state index in [1.807, 2.05) is 9.47 Å². The van der Waals surface area contributed by atoms with Gasteiger partial charge in [0.2, 0.25) is 11.3 Å². The van der Waals surface area contributed by atoms with Crippen molar-refractivity contribution in [1.29, 1.82) is 0 Å². The van der Waals surface area contributed by atoms with Crippen LogP contribution in [0.3, 0.4) is 0 Å². The summed E-state index contributed by atoms with van der Waals surface area (Å²) in [6.45, 7) is 1.85. The monoisotopic (exact) mass is 590 g/mol. The molecule has 3 aliphatic rings. The molecule has 0 radical (unpaired) electrons. The number of hydrogen-bond donors (Lipinski definition) is 2. The normalized spacial score (nSPS) is 18.6. The minimum atomic E-state index is -0.603. The van der Waals surface area contributed by atoms with Crippen molar-refractivity contribution >= 4 is 63.2 Å². The van der Waals surface area contributed by atoms with Crippen molar-refractivity contribution in [1.82, 2.24) is 15.2 Å². The predicted molar refractivity (Wildman–Crippen MR) is 151 cm³/mol. The third-order valence-corrected chi connectivity index (χ3v) is 9.10. The fraction of sp³-hybridized carbons (Fsp3) is 0.393. The molecule has 204 valence electrons. The van der Waals surface area contributed by atoms with Gasteiger partial charge in [0, 0.05) is 54.9 Å². The van der Waals surface area contributed by atoms with E-state index in [0.29, 0.717) is 47.2 Å². The van der Waals surface area contributed by atoms with Gasteiger partial charge in [-0.05, 0) is 54.9 Å². The van der Waals surface area contributed by atoms with Gasteiger partial charge in [0.25, 0.3) is 5.91 Å². The molecule has 0 bridgehead atoms. The van der Waals surface area contributed by atoms with Crippen LogP contribution in [0.1, 0.15) is 54.1 Å². The fourth-order valence-corrected chi connectivity index (χ4v) is 6.65. The van der Waals surface area contributed by atoms with Crippen LogP contribution in [-0.2, 0) is 11.3 Å². The van der Waals surface area contributed by atoms with Gasteiger partial charge in [-0.1, -0.05) is 40.9 Å². The van der Waals surface area contributed by atoms with Crippen LogP contribution in [0.15, 0.2) is 35.3 Å². The Kier molecular flexibility index (Phi) is 6.76. The van der Waals surface area contributed by atoms with Crippen molar-refractivity contribution in [2.24, 2.45) is 5.41 Å². The summed E-state index contributed by atoms with van der Waals surface area (Å²) >= 11 is 19.0. The predicted octanol–water partition coefficient (Wildman–Crippen LogP) is 5.47. The molecule has 1 spiro atoms. The first kappa shape index (κ1) is 26.4. The molecular weight excluding hydrogens is 566 g/mol. The Morgan fingerprint density at radius 1 is 1.13 bits per heavy atom. The second-order valence-corrected chi connectivity index (χ2v) is 12.0.